The molecule has 2 rings (SSSR count). The van der Waals surface area contributed by atoms with E-state index < -0.39 is 25.4 Å². The lowest BCUT2D eigenvalue weighted by Crippen LogP contribution is -2.09. The van der Waals surface area contributed by atoms with Crippen molar-refractivity contribution in [2.24, 2.45) is 0 Å². The molecule has 0 atom stereocenters. The van der Waals surface area contributed by atoms with Gasteiger partial charge in [0, 0.05) is 30.4 Å². The van der Waals surface area contributed by atoms with E-state index in [4.69, 9.17) is 20.6 Å². The summed E-state index contributed by atoms with van der Waals surface area (Å²) in [6.45, 7) is 1.80. The van der Waals surface area contributed by atoms with E-state index in [1.807, 2.05) is 0 Å². The van der Waals surface area contributed by atoms with Crippen LogP contribution in [0.2, 0.25) is 5.02 Å². The van der Waals surface area contributed by atoms with Crippen LogP contribution >= 0.6 is 19.2 Å². The molecule has 7 heteroatoms. The average Bonchev–Trinajstić information content (AvgIpc) is 2.55. The van der Waals surface area contributed by atoms with Gasteiger partial charge in [-0.3, -0.25) is 9.36 Å². The highest BCUT2D eigenvalue weighted by Gasteiger charge is 2.26. The number of Topliss-reactive ketones (excluding diaryl/α,β-unsaturated/α-hetero) is 1. The molecule has 128 valence electrons. The molecule has 0 fully saturated rings. The molecule has 0 radical (unpaired) electrons. The third-order valence-electron chi connectivity index (χ3n) is 3.66. The van der Waals surface area contributed by atoms with Gasteiger partial charge in [-0.2, -0.15) is 0 Å². The van der Waals surface area contributed by atoms with Crippen LogP contribution in [0.15, 0.2) is 36.4 Å². The third-order valence-corrected chi connectivity index (χ3v) is 5.68. The molecule has 0 unspecified atom stereocenters. The minimum absolute atomic E-state index is 0.232. The molecule has 4 nitrogen and oxygen atoms in total. The molecule has 0 aliphatic rings. The predicted molar refractivity (Wildman–Crippen MR) is 92.4 cm³/mol. The Morgan fingerprint density at radius 3 is 2.38 bits per heavy atom. The summed E-state index contributed by atoms with van der Waals surface area (Å²) in [7, 11) is -1.05. The second kappa shape index (κ2) is 7.58. The number of rotatable bonds is 6. The Hall–Kier alpha value is -1.52. The van der Waals surface area contributed by atoms with Crippen LogP contribution in [0.3, 0.4) is 0 Å². The first-order chi connectivity index (χ1) is 11.3. The fourth-order valence-electron chi connectivity index (χ4n) is 2.31. The van der Waals surface area contributed by atoms with E-state index in [2.05, 4.69) is 0 Å². The second-order valence-electron chi connectivity index (χ2n) is 5.21. The van der Waals surface area contributed by atoms with E-state index in [9.17, 15) is 13.8 Å². The molecule has 0 heterocycles. The maximum atomic E-state index is 14.2. The highest BCUT2D eigenvalue weighted by molar-refractivity contribution is 7.54. The monoisotopic (exact) mass is 370 g/mol. The Balaban J connectivity index is 2.42. The van der Waals surface area contributed by atoms with Gasteiger partial charge in [0.15, 0.2) is 5.78 Å². The summed E-state index contributed by atoms with van der Waals surface area (Å²) in [4.78, 5) is 12.3. The number of hydrogen-bond donors (Lipinski definition) is 0. The maximum absolute atomic E-state index is 14.2. The van der Waals surface area contributed by atoms with Crippen molar-refractivity contribution in [3.05, 3.63) is 58.4 Å². The van der Waals surface area contributed by atoms with Crippen LogP contribution in [0.4, 0.5) is 4.39 Å². The highest BCUT2D eigenvalue weighted by atomic mass is 35.5. The van der Waals surface area contributed by atoms with Gasteiger partial charge >= 0.3 is 7.60 Å². The predicted octanol–water partition coefficient (Wildman–Crippen LogP) is 5.12. The first kappa shape index (κ1) is 18.8. The van der Waals surface area contributed by atoms with E-state index >= 15 is 0 Å². The molecular weight excluding hydrogens is 354 g/mol. The quantitative estimate of drug-likeness (QED) is 0.523. The Labute approximate surface area is 145 Å². The molecule has 0 saturated carbocycles. The molecule has 0 bridgehead atoms. The number of aryl methyl sites for hydroxylation is 1. The zero-order chi connectivity index (χ0) is 17.9. The zero-order valence-electron chi connectivity index (χ0n) is 13.5. The van der Waals surface area contributed by atoms with Crippen LogP contribution < -0.4 is 0 Å². The molecule has 2 aromatic rings. The topological polar surface area (TPSA) is 52.6 Å². The number of halogens is 2. The van der Waals surface area contributed by atoms with E-state index in [0.717, 1.165) is 5.56 Å². The molecule has 0 saturated heterocycles. The summed E-state index contributed by atoms with van der Waals surface area (Å²) < 4.78 is 35.9. The van der Waals surface area contributed by atoms with Crippen molar-refractivity contribution in [3.63, 3.8) is 0 Å². The van der Waals surface area contributed by atoms with Crippen molar-refractivity contribution in [2.75, 3.05) is 20.4 Å². The van der Waals surface area contributed by atoms with Gasteiger partial charge in [-0.05, 0) is 48.4 Å². The summed E-state index contributed by atoms with van der Waals surface area (Å²) in [5.74, 6) is -0.909. The third kappa shape index (κ3) is 4.11. The minimum atomic E-state index is -3.48. The lowest BCUT2D eigenvalue weighted by Gasteiger charge is -2.13. The molecule has 24 heavy (non-hydrogen) atoms. The molecule has 0 amide bonds. The molecule has 0 aliphatic carbocycles. The highest BCUT2D eigenvalue weighted by Crippen LogP contribution is 2.46. The number of carbonyl (C=O) groups is 1. The van der Waals surface area contributed by atoms with Crippen LogP contribution in [0.25, 0.3) is 11.1 Å². The van der Waals surface area contributed by atoms with Gasteiger partial charge in [-0.1, -0.05) is 17.7 Å². The van der Waals surface area contributed by atoms with Crippen molar-refractivity contribution in [1.29, 1.82) is 0 Å². The van der Waals surface area contributed by atoms with Gasteiger partial charge in [0.1, 0.15) is 12.0 Å². The Kier molecular flexibility index (Phi) is 5.94. The van der Waals surface area contributed by atoms with Crippen LogP contribution in [-0.4, -0.2) is 26.2 Å². The summed E-state index contributed by atoms with van der Waals surface area (Å²) >= 11 is 5.92. The standard InChI is InChI=1S/C17H17ClFO4P/c1-11-8-13(18)5-6-14(11)15-9-12(4-7-16(15)19)17(20)10-24(21,22-2)23-3/h4-9H,10H2,1-3H3. The molecule has 0 aliphatic heterocycles. The number of benzene rings is 2. The van der Waals surface area contributed by atoms with Crippen molar-refractivity contribution in [3.8, 4) is 11.1 Å². The Morgan fingerprint density at radius 1 is 1.12 bits per heavy atom. The van der Waals surface area contributed by atoms with Gasteiger partial charge in [0.2, 0.25) is 0 Å². The van der Waals surface area contributed by atoms with Gasteiger partial charge in [-0.15, -0.1) is 0 Å². The van der Waals surface area contributed by atoms with Gasteiger partial charge in [-0.25, -0.2) is 4.39 Å². The SMILES string of the molecule is COP(=O)(CC(=O)c1ccc(F)c(-c2ccc(Cl)cc2C)c1)OC. The summed E-state index contributed by atoms with van der Waals surface area (Å²) in [5, 5.41) is 0.546. The van der Waals surface area contributed by atoms with Gasteiger partial charge < -0.3 is 9.05 Å². The second-order valence-corrected chi connectivity index (χ2v) is 7.92. The van der Waals surface area contributed by atoms with Gasteiger partial charge in [0.25, 0.3) is 0 Å². The fourth-order valence-corrected chi connectivity index (χ4v) is 3.47. The van der Waals surface area contributed by atoms with Crippen LogP contribution in [0.5, 0.6) is 0 Å². The average molecular weight is 371 g/mol. The number of ketones is 1. The summed E-state index contributed by atoms with van der Waals surface area (Å²) in [6, 6.07) is 9.06. The van der Waals surface area contributed by atoms with Crippen LogP contribution in [0.1, 0.15) is 15.9 Å². The van der Waals surface area contributed by atoms with Crippen LogP contribution in [0, 0.1) is 12.7 Å². The Bertz CT molecular complexity index is 814. The normalized spacial score (nSPS) is 11.5. The lowest BCUT2D eigenvalue weighted by atomic mass is 9.97. The van der Waals surface area contributed by atoms with E-state index in [0.29, 0.717) is 10.6 Å². The minimum Gasteiger partial charge on any atom is -0.312 e. The lowest BCUT2D eigenvalue weighted by molar-refractivity contribution is 0.101. The molecule has 0 aromatic heterocycles. The summed E-state index contributed by atoms with van der Waals surface area (Å²) in [5.41, 5.74) is 1.92. The smallest absolute Gasteiger partial charge is 0.312 e. The van der Waals surface area contributed by atoms with Crippen LogP contribution in [-0.2, 0) is 13.6 Å². The van der Waals surface area contributed by atoms with Crippen molar-refractivity contribution < 1.29 is 22.8 Å². The van der Waals surface area contributed by atoms with Gasteiger partial charge in [0.05, 0.1) is 0 Å². The van der Waals surface area contributed by atoms with Crippen molar-refractivity contribution in [1.82, 2.24) is 0 Å². The fraction of sp³-hybridized carbons (Fsp3) is 0.235. The van der Waals surface area contributed by atoms with E-state index in [1.165, 1.54) is 32.4 Å². The largest absolute Gasteiger partial charge is 0.337 e. The molecular formula is C17H17ClFO4P. The first-order valence-electron chi connectivity index (χ1n) is 7.09. The van der Waals surface area contributed by atoms with E-state index in [1.54, 1.807) is 25.1 Å². The number of hydrogen-bond acceptors (Lipinski definition) is 4. The summed E-state index contributed by atoms with van der Waals surface area (Å²) in [6.07, 6.45) is -0.412. The zero-order valence-corrected chi connectivity index (χ0v) is 15.2. The Morgan fingerprint density at radius 2 is 1.79 bits per heavy atom. The maximum Gasteiger partial charge on any atom is 0.337 e. The van der Waals surface area contributed by atoms with Crippen molar-refractivity contribution >= 4 is 25.0 Å². The molecule has 2 aromatic carbocycles. The first-order valence-corrected chi connectivity index (χ1v) is 9.20. The van der Waals surface area contributed by atoms with E-state index in [-0.39, 0.29) is 11.1 Å². The number of carbonyl (C=O) groups excluding carboxylic acids is 1. The molecule has 0 N–H and O–H groups in total. The molecule has 0 spiro atoms. The van der Waals surface area contributed by atoms with Crippen molar-refractivity contribution in [2.45, 2.75) is 6.92 Å².